The number of halogens is 1. The Balaban J connectivity index is 2.66. The maximum atomic E-state index is 10.7. The molecule has 1 N–H and O–H groups in total. The van der Waals surface area contributed by atoms with Gasteiger partial charge in [-0.15, -0.1) is 0 Å². The number of aromatic nitrogens is 1. The largest absolute Gasteiger partial charge is 0.383 e. The van der Waals surface area contributed by atoms with Crippen molar-refractivity contribution in [2.45, 2.75) is 0 Å². The minimum absolute atomic E-state index is 0.382. The number of pyridine rings is 1. The Labute approximate surface area is 94.3 Å². The summed E-state index contributed by atoms with van der Waals surface area (Å²) in [7, 11) is 3.98. The summed E-state index contributed by atoms with van der Waals surface area (Å²) in [5.41, 5.74) is 1.25. The quantitative estimate of drug-likeness (QED) is 0.612. The van der Waals surface area contributed by atoms with Crippen LogP contribution in [0.1, 0.15) is 10.4 Å². The number of carbonyl (C=O) groups is 1. The Bertz CT molecular complexity index is 341. The van der Waals surface area contributed by atoms with Crippen molar-refractivity contribution in [3.8, 4) is 0 Å². The second kappa shape index (κ2) is 5.68. The summed E-state index contributed by atoms with van der Waals surface area (Å²) in [5, 5.41) is 3.52. The van der Waals surface area contributed by atoms with Gasteiger partial charge in [-0.3, -0.25) is 4.79 Å². The highest BCUT2D eigenvalue weighted by atomic mass is 35.5. The molecule has 82 valence electrons. The monoisotopic (exact) mass is 227 g/mol. The van der Waals surface area contributed by atoms with Crippen molar-refractivity contribution in [3.05, 3.63) is 23.0 Å². The zero-order chi connectivity index (χ0) is 11.3. The van der Waals surface area contributed by atoms with Gasteiger partial charge in [-0.1, -0.05) is 11.6 Å². The van der Waals surface area contributed by atoms with E-state index in [1.54, 1.807) is 6.07 Å². The Kier molecular flexibility index (Phi) is 4.52. The van der Waals surface area contributed by atoms with E-state index in [1.807, 2.05) is 14.1 Å². The second-order valence-corrected chi connectivity index (χ2v) is 3.83. The van der Waals surface area contributed by atoms with Crippen molar-refractivity contribution < 1.29 is 4.79 Å². The average molecular weight is 228 g/mol. The minimum Gasteiger partial charge on any atom is -0.383 e. The van der Waals surface area contributed by atoms with Crippen LogP contribution in [0.5, 0.6) is 0 Å². The lowest BCUT2D eigenvalue weighted by molar-refractivity contribution is 0.112. The lowest BCUT2D eigenvalue weighted by atomic mass is 10.2. The van der Waals surface area contributed by atoms with Gasteiger partial charge in [0.1, 0.15) is 5.15 Å². The molecule has 0 atom stereocenters. The van der Waals surface area contributed by atoms with E-state index in [4.69, 9.17) is 11.6 Å². The first-order chi connectivity index (χ1) is 7.13. The summed E-state index contributed by atoms with van der Waals surface area (Å²) < 4.78 is 0. The lowest BCUT2D eigenvalue weighted by Gasteiger charge is -2.12. The Morgan fingerprint density at radius 2 is 2.33 bits per heavy atom. The fraction of sp³-hybridized carbons (Fsp3) is 0.400. The van der Waals surface area contributed by atoms with E-state index in [9.17, 15) is 4.79 Å². The average Bonchev–Trinajstić information content (AvgIpc) is 2.17. The number of rotatable bonds is 5. The molecule has 0 saturated heterocycles. The van der Waals surface area contributed by atoms with Gasteiger partial charge in [0.25, 0.3) is 0 Å². The first-order valence-corrected chi connectivity index (χ1v) is 5.00. The number of nitrogens with zero attached hydrogens (tertiary/aromatic N) is 2. The predicted molar refractivity (Wildman–Crippen MR) is 61.7 cm³/mol. The molecule has 15 heavy (non-hydrogen) atoms. The molecule has 0 aromatic carbocycles. The molecule has 0 aliphatic heterocycles. The van der Waals surface area contributed by atoms with Crippen LogP contribution in [0.4, 0.5) is 5.69 Å². The summed E-state index contributed by atoms with van der Waals surface area (Å²) in [5.74, 6) is 0. The summed E-state index contributed by atoms with van der Waals surface area (Å²) in [6.07, 6.45) is 2.23. The molecule has 0 aliphatic rings. The molecule has 0 fully saturated rings. The Hall–Kier alpha value is -1.13. The number of hydrogen-bond acceptors (Lipinski definition) is 4. The third-order valence-electron chi connectivity index (χ3n) is 1.90. The zero-order valence-corrected chi connectivity index (χ0v) is 9.58. The van der Waals surface area contributed by atoms with Crippen LogP contribution in [0.3, 0.4) is 0 Å². The van der Waals surface area contributed by atoms with E-state index in [-0.39, 0.29) is 0 Å². The number of hydrogen-bond donors (Lipinski definition) is 1. The molecule has 0 radical (unpaired) electrons. The first kappa shape index (κ1) is 11.9. The summed E-state index contributed by atoms with van der Waals surface area (Å²) in [6, 6.07) is 1.65. The number of anilines is 1. The van der Waals surface area contributed by atoms with E-state index < -0.39 is 0 Å². The van der Waals surface area contributed by atoms with Crippen LogP contribution in [-0.4, -0.2) is 43.4 Å². The van der Waals surface area contributed by atoms with E-state index in [0.29, 0.717) is 10.7 Å². The maximum Gasteiger partial charge on any atom is 0.153 e. The summed E-state index contributed by atoms with van der Waals surface area (Å²) in [6.45, 7) is 1.65. The normalized spacial score (nSPS) is 10.4. The number of aldehydes is 1. The molecule has 0 aliphatic carbocycles. The minimum atomic E-state index is 0.382. The van der Waals surface area contributed by atoms with Crippen LogP contribution in [0.15, 0.2) is 12.3 Å². The van der Waals surface area contributed by atoms with E-state index >= 15 is 0 Å². The molecule has 0 unspecified atom stereocenters. The summed E-state index contributed by atoms with van der Waals surface area (Å²) in [4.78, 5) is 16.6. The predicted octanol–water partition coefficient (Wildman–Crippen LogP) is 1.52. The van der Waals surface area contributed by atoms with Crippen LogP contribution in [-0.2, 0) is 0 Å². The molecule has 0 saturated carbocycles. The van der Waals surface area contributed by atoms with E-state index in [2.05, 4.69) is 15.2 Å². The van der Waals surface area contributed by atoms with Gasteiger partial charge in [-0.05, 0) is 20.2 Å². The summed E-state index contributed by atoms with van der Waals surface area (Å²) >= 11 is 5.74. The van der Waals surface area contributed by atoms with Crippen molar-refractivity contribution in [3.63, 3.8) is 0 Å². The number of carbonyl (C=O) groups excluding carboxylic acids is 1. The van der Waals surface area contributed by atoms with Crippen molar-refractivity contribution in [1.82, 2.24) is 9.88 Å². The smallest absolute Gasteiger partial charge is 0.153 e. The molecule has 0 spiro atoms. The first-order valence-electron chi connectivity index (χ1n) is 4.63. The molecule has 0 bridgehead atoms. The topological polar surface area (TPSA) is 45.2 Å². The fourth-order valence-corrected chi connectivity index (χ4v) is 1.26. The maximum absolute atomic E-state index is 10.7. The van der Waals surface area contributed by atoms with Crippen molar-refractivity contribution >= 4 is 23.6 Å². The van der Waals surface area contributed by atoms with Gasteiger partial charge in [0, 0.05) is 25.0 Å². The highest BCUT2D eigenvalue weighted by Crippen LogP contribution is 2.16. The molecule has 0 amide bonds. The lowest BCUT2D eigenvalue weighted by Crippen LogP contribution is -2.21. The third-order valence-corrected chi connectivity index (χ3v) is 2.11. The number of likely N-dealkylation sites (N-methyl/N-ethyl adjacent to an activating group) is 1. The molecule has 5 heteroatoms. The van der Waals surface area contributed by atoms with Gasteiger partial charge in [0.05, 0.1) is 5.56 Å². The van der Waals surface area contributed by atoms with Gasteiger partial charge in [0.2, 0.25) is 0 Å². The van der Waals surface area contributed by atoms with Crippen LogP contribution >= 0.6 is 11.6 Å². The van der Waals surface area contributed by atoms with Crippen LogP contribution in [0.25, 0.3) is 0 Å². The molecule has 1 rings (SSSR count). The number of nitrogens with one attached hydrogen (secondary N) is 1. The molecule has 1 aromatic rings. The standard InChI is InChI=1S/C10H14ClN3O/c1-14(2)4-3-12-9-5-10(11)13-6-8(9)7-15/h5-7H,3-4H2,1-2H3,(H,12,13). The van der Waals surface area contributed by atoms with Crippen LogP contribution < -0.4 is 5.32 Å². The van der Waals surface area contributed by atoms with E-state index in [0.717, 1.165) is 25.1 Å². The highest BCUT2D eigenvalue weighted by Gasteiger charge is 2.02. The molecule has 4 nitrogen and oxygen atoms in total. The highest BCUT2D eigenvalue weighted by molar-refractivity contribution is 6.29. The second-order valence-electron chi connectivity index (χ2n) is 3.44. The zero-order valence-electron chi connectivity index (χ0n) is 8.83. The molecular formula is C10H14ClN3O. The van der Waals surface area contributed by atoms with Crippen molar-refractivity contribution in [1.29, 1.82) is 0 Å². The van der Waals surface area contributed by atoms with Crippen LogP contribution in [0.2, 0.25) is 5.15 Å². The van der Waals surface area contributed by atoms with E-state index in [1.165, 1.54) is 6.20 Å². The van der Waals surface area contributed by atoms with Crippen LogP contribution in [0, 0.1) is 0 Å². The third kappa shape index (κ3) is 3.85. The van der Waals surface area contributed by atoms with Gasteiger partial charge in [-0.25, -0.2) is 4.98 Å². The Morgan fingerprint density at radius 3 is 2.93 bits per heavy atom. The van der Waals surface area contributed by atoms with Gasteiger partial charge in [0.15, 0.2) is 6.29 Å². The SMILES string of the molecule is CN(C)CCNc1cc(Cl)ncc1C=O. The molecular weight excluding hydrogens is 214 g/mol. The van der Waals surface area contributed by atoms with Crippen molar-refractivity contribution in [2.24, 2.45) is 0 Å². The molecule has 1 heterocycles. The van der Waals surface area contributed by atoms with Crippen molar-refractivity contribution in [2.75, 3.05) is 32.5 Å². The molecule has 1 aromatic heterocycles. The fourth-order valence-electron chi connectivity index (χ4n) is 1.10. The Morgan fingerprint density at radius 1 is 1.60 bits per heavy atom. The van der Waals surface area contributed by atoms with Gasteiger partial charge in [-0.2, -0.15) is 0 Å². The van der Waals surface area contributed by atoms with Gasteiger partial charge >= 0.3 is 0 Å². The van der Waals surface area contributed by atoms with Gasteiger partial charge < -0.3 is 10.2 Å².